The minimum atomic E-state index is -0.401. The van der Waals surface area contributed by atoms with E-state index in [-0.39, 0.29) is 12.3 Å². The number of amides is 1. The number of nitrogens with zero attached hydrogens (tertiary/aromatic N) is 1. The smallest absolute Gasteiger partial charge is 0.410 e. The second kappa shape index (κ2) is 5.21. The van der Waals surface area contributed by atoms with Gasteiger partial charge in [0.1, 0.15) is 6.61 Å². The summed E-state index contributed by atoms with van der Waals surface area (Å²) in [5, 5.41) is 0. The lowest BCUT2D eigenvalue weighted by molar-refractivity contribution is 0.0943. The topological polar surface area (TPSA) is 46.6 Å². The molecule has 0 unspecified atom stereocenters. The van der Waals surface area contributed by atoms with Gasteiger partial charge in [-0.1, -0.05) is 38.1 Å². The van der Waals surface area contributed by atoms with Gasteiger partial charge in [0.2, 0.25) is 0 Å². The molecule has 4 nitrogen and oxygen atoms in total. The van der Waals surface area contributed by atoms with Gasteiger partial charge in [0.05, 0.1) is 13.1 Å². The molecule has 4 heteroatoms. The Morgan fingerprint density at radius 3 is 2.50 bits per heavy atom. The van der Waals surface area contributed by atoms with Crippen LogP contribution in [0.2, 0.25) is 0 Å². The first-order chi connectivity index (χ1) is 8.58. The highest BCUT2D eigenvalue weighted by Gasteiger charge is 2.24. The predicted octanol–water partition coefficient (Wildman–Crippen LogP) is 2.44. The molecule has 1 heterocycles. The molecule has 0 spiro atoms. The Labute approximate surface area is 107 Å². The molecule has 1 fully saturated rings. The van der Waals surface area contributed by atoms with Crippen molar-refractivity contribution in [2.75, 3.05) is 19.7 Å². The van der Waals surface area contributed by atoms with Gasteiger partial charge in [-0.2, -0.15) is 0 Å². The van der Waals surface area contributed by atoms with Crippen molar-refractivity contribution in [1.29, 1.82) is 0 Å². The summed E-state index contributed by atoms with van der Waals surface area (Å²) in [4.78, 5) is 24.6. The summed E-state index contributed by atoms with van der Waals surface area (Å²) in [6.07, 6.45) is -0.401. The number of cyclic esters (lactones) is 1. The standard InChI is InChI=1S/C14H17NO3/c1-10(2)11-3-5-12(6-4-11)13(16)9-15-7-8-18-14(15)17/h3-6,10H,7-9H2,1-2H3. The molecule has 1 amide bonds. The Morgan fingerprint density at radius 2 is 2.00 bits per heavy atom. The van der Waals surface area contributed by atoms with Gasteiger partial charge in [-0.3, -0.25) is 9.69 Å². The molecule has 0 aromatic heterocycles. The van der Waals surface area contributed by atoms with Gasteiger partial charge in [0.15, 0.2) is 5.78 Å². The van der Waals surface area contributed by atoms with Crippen LogP contribution in [-0.2, 0) is 4.74 Å². The molecule has 96 valence electrons. The summed E-state index contributed by atoms with van der Waals surface area (Å²) < 4.78 is 4.79. The third-order valence-corrected chi connectivity index (χ3v) is 3.08. The van der Waals surface area contributed by atoms with E-state index in [0.717, 1.165) is 0 Å². The second-order valence-electron chi connectivity index (χ2n) is 4.74. The van der Waals surface area contributed by atoms with Crippen LogP contribution in [-0.4, -0.2) is 36.5 Å². The molecule has 1 aromatic carbocycles. The fourth-order valence-electron chi connectivity index (χ4n) is 1.89. The predicted molar refractivity (Wildman–Crippen MR) is 67.8 cm³/mol. The SMILES string of the molecule is CC(C)c1ccc(C(=O)CN2CCOC2=O)cc1. The van der Waals surface area contributed by atoms with Crippen molar-refractivity contribution in [3.8, 4) is 0 Å². The quantitative estimate of drug-likeness (QED) is 0.768. The van der Waals surface area contributed by atoms with E-state index in [1.807, 2.05) is 24.3 Å². The molecule has 1 saturated heterocycles. The number of carbonyl (C=O) groups excluding carboxylic acids is 2. The van der Waals surface area contributed by atoms with Gasteiger partial charge in [0.25, 0.3) is 0 Å². The molecule has 1 aliphatic rings. The van der Waals surface area contributed by atoms with E-state index in [0.29, 0.717) is 24.6 Å². The van der Waals surface area contributed by atoms with Gasteiger partial charge >= 0.3 is 6.09 Å². The minimum absolute atomic E-state index is 0.0517. The van der Waals surface area contributed by atoms with E-state index >= 15 is 0 Å². The highest BCUT2D eigenvalue weighted by molar-refractivity contribution is 5.99. The molecule has 2 rings (SSSR count). The van der Waals surface area contributed by atoms with Gasteiger partial charge in [-0.25, -0.2) is 4.79 Å². The lowest BCUT2D eigenvalue weighted by atomic mass is 10.0. The molecule has 1 aliphatic heterocycles. The van der Waals surface area contributed by atoms with Gasteiger partial charge in [-0.15, -0.1) is 0 Å². The lowest BCUT2D eigenvalue weighted by Crippen LogP contribution is -2.30. The van der Waals surface area contributed by atoms with Crippen LogP contribution in [0.15, 0.2) is 24.3 Å². The Kier molecular flexibility index (Phi) is 3.65. The summed E-state index contributed by atoms with van der Waals surface area (Å²) in [6.45, 7) is 5.18. The van der Waals surface area contributed by atoms with E-state index in [1.165, 1.54) is 10.5 Å². The maximum absolute atomic E-state index is 12.0. The number of Topliss-reactive ketones (excluding diaryl/α,β-unsaturated/α-hetero) is 1. The van der Waals surface area contributed by atoms with Gasteiger partial charge in [0, 0.05) is 5.56 Å². The monoisotopic (exact) mass is 247 g/mol. The normalized spacial score (nSPS) is 15.1. The Hall–Kier alpha value is -1.84. The summed E-state index contributed by atoms with van der Waals surface area (Å²) in [7, 11) is 0. The fraction of sp³-hybridized carbons (Fsp3) is 0.429. The summed E-state index contributed by atoms with van der Waals surface area (Å²) in [5.74, 6) is 0.395. The molecular weight excluding hydrogens is 230 g/mol. The van der Waals surface area contributed by atoms with Crippen molar-refractivity contribution >= 4 is 11.9 Å². The van der Waals surface area contributed by atoms with Crippen molar-refractivity contribution in [1.82, 2.24) is 4.90 Å². The lowest BCUT2D eigenvalue weighted by Gasteiger charge is -2.12. The first kappa shape index (κ1) is 12.6. The van der Waals surface area contributed by atoms with Crippen molar-refractivity contribution in [2.24, 2.45) is 0 Å². The van der Waals surface area contributed by atoms with Crippen LogP contribution in [0.5, 0.6) is 0 Å². The number of benzene rings is 1. The van der Waals surface area contributed by atoms with Crippen LogP contribution < -0.4 is 0 Å². The summed E-state index contributed by atoms with van der Waals surface area (Å²) >= 11 is 0. The zero-order valence-electron chi connectivity index (χ0n) is 10.7. The minimum Gasteiger partial charge on any atom is -0.448 e. The van der Waals surface area contributed by atoms with Crippen LogP contribution in [0.25, 0.3) is 0 Å². The van der Waals surface area contributed by atoms with Crippen LogP contribution in [0.1, 0.15) is 35.7 Å². The first-order valence-corrected chi connectivity index (χ1v) is 6.13. The average Bonchev–Trinajstić information content (AvgIpc) is 2.75. The highest BCUT2D eigenvalue weighted by atomic mass is 16.6. The molecule has 0 saturated carbocycles. The fourth-order valence-corrected chi connectivity index (χ4v) is 1.89. The van der Waals surface area contributed by atoms with E-state index < -0.39 is 6.09 Å². The zero-order valence-corrected chi connectivity index (χ0v) is 10.7. The van der Waals surface area contributed by atoms with E-state index in [9.17, 15) is 9.59 Å². The number of ketones is 1. The summed E-state index contributed by atoms with van der Waals surface area (Å²) in [5.41, 5.74) is 1.84. The highest BCUT2D eigenvalue weighted by Crippen LogP contribution is 2.15. The third kappa shape index (κ3) is 2.70. The molecule has 0 atom stereocenters. The Morgan fingerprint density at radius 1 is 1.33 bits per heavy atom. The molecule has 0 bridgehead atoms. The van der Waals surface area contributed by atoms with Crippen LogP contribution in [0.4, 0.5) is 4.79 Å². The number of hydrogen-bond acceptors (Lipinski definition) is 3. The molecular formula is C14H17NO3. The van der Waals surface area contributed by atoms with E-state index in [4.69, 9.17) is 4.74 Å². The van der Waals surface area contributed by atoms with Crippen molar-refractivity contribution in [3.63, 3.8) is 0 Å². The molecule has 0 N–H and O–H groups in total. The van der Waals surface area contributed by atoms with Crippen molar-refractivity contribution in [3.05, 3.63) is 35.4 Å². The summed E-state index contributed by atoms with van der Waals surface area (Å²) in [6, 6.07) is 7.55. The van der Waals surface area contributed by atoms with E-state index in [1.54, 1.807) is 0 Å². The van der Waals surface area contributed by atoms with Gasteiger partial charge < -0.3 is 4.74 Å². The molecule has 18 heavy (non-hydrogen) atoms. The Bertz CT molecular complexity index is 451. The van der Waals surface area contributed by atoms with Crippen LogP contribution in [0.3, 0.4) is 0 Å². The molecule has 0 radical (unpaired) electrons. The van der Waals surface area contributed by atoms with Crippen LogP contribution in [0, 0.1) is 0 Å². The first-order valence-electron chi connectivity index (χ1n) is 6.13. The Balaban J connectivity index is 2.02. The maximum atomic E-state index is 12.0. The number of hydrogen-bond donors (Lipinski definition) is 0. The van der Waals surface area contributed by atoms with Crippen molar-refractivity contribution < 1.29 is 14.3 Å². The molecule has 0 aliphatic carbocycles. The van der Waals surface area contributed by atoms with Crippen molar-refractivity contribution in [2.45, 2.75) is 19.8 Å². The van der Waals surface area contributed by atoms with Crippen LogP contribution >= 0.6 is 0 Å². The number of carbonyl (C=O) groups is 2. The second-order valence-corrected chi connectivity index (χ2v) is 4.74. The zero-order chi connectivity index (χ0) is 13.1. The number of ether oxygens (including phenoxy) is 1. The maximum Gasteiger partial charge on any atom is 0.410 e. The average molecular weight is 247 g/mol. The van der Waals surface area contributed by atoms with E-state index in [2.05, 4.69) is 13.8 Å². The third-order valence-electron chi connectivity index (χ3n) is 3.08. The molecule has 1 aromatic rings. The number of rotatable bonds is 4. The largest absolute Gasteiger partial charge is 0.448 e. The van der Waals surface area contributed by atoms with Gasteiger partial charge in [-0.05, 0) is 11.5 Å².